The Balaban J connectivity index is 2.24. The van der Waals surface area contributed by atoms with Gasteiger partial charge in [-0.25, -0.2) is 0 Å². The standard InChI is InChI=1S/C14H29NO2/c1-5-15-10-14(2,3)11-17-13-8-6-7-12(9-13)16-4/h12-13,15H,5-11H2,1-4H3. The summed E-state index contributed by atoms with van der Waals surface area (Å²) in [4.78, 5) is 0. The van der Waals surface area contributed by atoms with Crippen molar-refractivity contribution in [3.05, 3.63) is 0 Å². The first-order valence-electron chi connectivity index (χ1n) is 6.92. The Hall–Kier alpha value is -0.120. The van der Waals surface area contributed by atoms with Crippen LogP contribution >= 0.6 is 0 Å². The van der Waals surface area contributed by atoms with E-state index in [-0.39, 0.29) is 5.41 Å². The van der Waals surface area contributed by atoms with Gasteiger partial charge in [0.05, 0.1) is 18.8 Å². The summed E-state index contributed by atoms with van der Waals surface area (Å²) in [5.41, 5.74) is 0.218. The van der Waals surface area contributed by atoms with Crippen LogP contribution in [0.3, 0.4) is 0 Å². The predicted octanol–water partition coefficient (Wildman–Crippen LogP) is 2.60. The van der Waals surface area contributed by atoms with Crippen molar-refractivity contribution >= 4 is 0 Å². The van der Waals surface area contributed by atoms with E-state index in [2.05, 4.69) is 26.1 Å². The molecule has 1 fully saturated rings. The lowest BCUT2D eigenvalue weighted by Crippen LogP contribution is -2.36. The third-order valence-electron chi connectivity index (χ3n) is 3.47. The maximum atomic E-state index is 6.06. The van der Waals surface area contributed by atoms with E-state index in [1.807, 2.05) is 7.11 Å². The molecule has 0 radical (unpaired) electrons. The van der Waals surface area contributed by atoms with Gasteiger partial charge in [-0.2, -0.15) is 0 Å². The predicted molar refractivity (Wildman–Crippen MR) is 71.3 cm³/mol. The maximum absolute atomic E-state index is 6.06. The van der Waals surface area contributed by atoms with E-state index in [1.165, 1.54) is 19.3 Å². The molecule has 1 saturated carbocycles. The van der Waals surface area contributed by atoms with Crippen LogP contribution in [0.5, 0.6) is 0 Å². The molecule has 0 aromatic carbocycles. The number of methoxy groups -OCH3 is 1. The van der Waals surface area contributed by atoms with E-state index in [0.717, 1.165) is 26.1 Å². The van der Waals surface area contributed by atoms with Gasteiger partial charge in [0.1, 0.15) is 0 Å². The number of rotatable bonds is 7. The summed E-state index contributed by atoms with van der Waals surface area (Å²) in [6.07, 6.45) is 5.49. The molecule has 17 heavy (non-hydrogen) atoms. The summed E-state index contributed by atoms with van der Waals surface area (Å²) in [6.45, 7) is 9.53. The van der Waals surface area contributed by atoms with Gasteiger partial charge in [-0.1, -0.05) is 20.8 Å². The molecule has 0 aromatic rings. The normalized spacial score (nSPS) is 26.1. The van der Waals surface area contributed by atoms with Crippen molar-refractivity contribution in [2.75, 3.05) is 26.8 Å². The molecule has 0 aliphatic heterocycles. The fourth-order valence-corrected chi connectivity index (χ4v) is 2.33. The average Bonchev–Trinajstić information content (AvgIpc) is 2.34. The first-order valence-corrected chi connectivity index (χ1v) is 6.92. The van der Waals surface area contributed by atoms with Crippen LogP contribution in [0.2, 0.25) is 0 Å². The van der Waals surface area contributed by atoms with E-state index in [1.54, 1.807) is 0 Å². The van der Waals surface area contributed by atoms with E-state index < -0.39 is 0 Å². The van der Waals surface area contributed by atoms with Gasteiger partial charge in [-0.15, -0.1) is 0 Å². The van der Waals surface area contributed by atoms with E-state index in [0.29, 0.717) is 12.2 Å². The molecular formula is C14H29NO2. The molecule has 3 heteroatoms. The van der Waals surface area contributed by atoms with Gasteiger partial charge in [0.2, 0.25) is 0 Å². The fraction of sp³-hybridized carbons (Fsp3) is 1.00. The summed E-state index contributed by atoms with van der Waals surface area (Å²) < 4.78 is 11.5. The SMILES string of the molecule is CCNCC(C)(C)COC1CCCC(OC)C1. The van der Waals surface area contributed by atoms with Crippen LogP contribution in [0.4, 0.5) is 0 Å². The molecule has 0 heterocycles. The summed E-state index contributed by atoms with van der Waals surface area (Å²) >= 11 is 0. The number of hydrogen-bond acceptors (Lipinski definition) is 3. The summed E-state index contributed by atoms with van der Waals surface area (Å²) in [6, 6.07) is 0. The third-order valence-corrected chi connectivity index (χ3v) is 3.47. The fourth-order valence-electron chi connectivity index (χ4n) is 2.33. The number of ether oxygens (including phenoxy) is 2. The summed E-state index contributed by atoms with van der Waals surface area (Å²) in [5, 5.41) is 3.39. The van der Waals surface area contributed by atoms with Crippen LogP contribution in [0.25, 0.3) is 0 Å². The van der Waals surface area contributed by atoms with Gasteiger partial charge in [0.25, 0.3) is 0 Å². The van der Waals surface area contributed by atoms with Crippen molar-refractivity contribution in [3.63, 3.8) is 0 Å². The molecular weight excluding hydrogens is 214 g/mol. The van der Waals surface area contributed by atoms with Crippen LogP contribution in [-0.2, 0) is 9.47 Å². The van der Waals surface area contributed by atoms with Crippen LogP contribution in [0.15, 0.2) is 0 Å². The Bertz CT molecular complexity index is 206. The second kappa shape index (κ2) is 7.34. The minimum absolute atomic E-state index is 0.218. The van der Waals surface area contributed by atoms with Crippen LogP contribution in [0.1, 0.15) is 46.5 Å². The Labute approximate surface area is 106 Å². The zero-order valence-corrected chi connectivity index (χ0v) is 11.9. The second-order valence-electron chi connectivity index (χ2n) is 5.90. The van der Waals surface area contributed by atoms with Crippen molar-refractivity contribution in [1.29, 1.82) is 0 Å². The highest BCUT2D eigenvalue weighted by atomic mass is 16.5. The van der Waals surface area contributed by atoms with Gasteiger partial charge in [0, 0.05) is 19.1 Å². The largest absolute Gasteiger partial charge is 0.381 e. The molecule has 2 unspecified atom stereocenters. The zero-order chi connectivity index (χ0) is 12.7. The smallest absolute Gasteiger partial charge is 0.0600 e. The van der Waals surface area contributed by atoms with Crippen LogP contribution < -0.4 is 5.32 Å². The minimum Gasteiger partial charge on any atom is -0.381 e. The molecule has 2 atom stereocenters. The van der Waals surface area contributed by atoms with Crippen molar-refractivity contribution < 1.29 is 9.47 Å². The topological polar surface area (TPSA) is 30.5 Å². The minimum atomic E-state index is 0.218. The Morgan fingerprint density at radius 2 is 1.94 bits per heavy atom. The van der Waals surface area contributed by atoms with Crippen LogP contribution in [-0.4, -0.2) is 39.0 Å². The number of nitrogens with one attached hydrogen (secondary N) is 1. The molecule has 102 valence electrons. The van der Waals surface area contributed by atoms with E-state index >= 15 is 0 Å². The monoisotopic (exact) mass is 243 g/mol. The van der Waals surface area contributed by atoms with Crippen molar-refractivity contribution in [2.24, 2.45) is 5.41 Å². The lowest BCUT2D eigenvalue weighted by Gasteiger charge is -2.32. The van der Waals surface area contributed by atoms with Crippen molar-refractivity contribution in [2.45, 2.75) is 58.7 Å². The first kappa shape index (κ1) is 14.9. The molecule has 1 aliphatic rings. The van der Waals surface area contributed by atoms with Gasteiger partial charge < -0.3 is 14.8 Å². The Morgan fingerprint density at radius 1 is 1.24 bits per heavy atom. The third kappa shape index (κ3) is 5.84. The number of hydrogen-bond donors (Lipinski definition) is 1. The highest BCUT2D eigenvalue weighted by Gasteiger charge is 2.25. The molecule has 0 spiro atoms. The van der Waals surface area contributed by atoms with Crippen molar-refractivity contribution in [1.82, 2.24) is 5.32 Å². The second-order valence-corrected chi connectivity index (χ2v) is 5.90. The highest BCUT2D eigenvalue weighted by molar-refractivity contribution is 4.76. The van der Waals surface area contributed by atoms with Gasteiger partial charge >= 0.3 is 0 Å². The molecule has 0 aromatic heterocycles. The Kier molecular flexibility index (Phi) is 6.45. The molecule has 1 aliphatic carbocycles. The van der Waals surface area contributed by atoms with Gasteiger partial charge in [-0.05, 0) is 32.2 Å². The van der Waals surface area contributed by atoms with Crippen LogP contribution in [0, 0.1) is 5.41 Å². The van der Waals surface area contributed by atoms with E-state index in [4.69, 9.17) is 9.47 Å². The lowest BCUT2D eigenvalue weighted by atomic mass is 9.92. The average molecular weight is 243 g/mol. The first-order chi connectivity index (χ1) is 8.07. The summed E-state index contributed by atoms with van der Waals surface area (Å²) in [7, 11) is 1.81. The molecule has 0 bridgehead atoms. The van der Waals surface area contributed by atoms with E-state index in [9.17, 15) is 0 Å². The lowest BCUT2D eigenvalue weighted by molar-refractivity contribution is -0.0524. The summed E-state index contributed by atoms with van der Waals surface area (Å²) in [5.74, 6) is 0. The molecule has 0 amide bonds. The maximum Gasteiger partial charge on any atom is 0.0600 e. The molecule has 1 rings (SSSR count). The molecule has 0 saturated heterocycles. The highest BCUT2D eigenvalue weighted by Crippen LogP contribution is 2.25. The zero-order valence-electron chi connectivity index (χ0n) is 11.9. The van der Waals surface area contributed by atoms with Gasteiger partial charge in [-0.3, -0.25) is 0 Å². The Morgan fingerprint density at radius 3 is 2.59 bits per heavy atom. The molecule has 1 N–H and O–H groups in total. The quantitative estimate of drug-likeness (QED) is 0.745. The molecule has 3 nitrogen and oxygen atoms in total. The van der Waals surface area contributed by atoms with Crippen molar-refractivity contribution in [3.8, 4) is 0 Å². The van der Waals surface area contributed by atoms with Gasteiger partial charge in [0.15, 0.2) is 0 Å².